The number of rotatable bonds is 2. The van der Waals surface area contributed by atoms with E-state index in [0.29, 0.717) is 0 Å². The lowest BCUT2D eigenvalue weighted by atomic mass is 9.86. The summed E-state index contributed by atoms with van der Waals surface area (Å²) in [5.74, 6) is 1.05. The van der Waals surface area contributed by atoms with Crippen LogP contribution in [0.5, 0.6) is 0 Å². The van der Waals surface area contributed by atoms with Crippen LogP contribution >= 0.6 is 0 Å². The molecule has 0 saturated carbocycles. The van der Waals surface area contributed by atoms with Crippen molar-refractivity contribution >= 4 is 6.41 Å². The van der Waals surface area contributed by atoms with Gasteiger partial charge in [-0.3, -0.25) is 4.79 Å². The van der Waals surface area contributed by atoms with Gasteiger partial charge in [0.1, 0.15) is 11.4 Å². The lowest BCUT2D eigenvalue weighted by molar-refractivity contribution is -0.110. The molecular formula is C12H17NO2. The Hall–Kier alpha value is -1.25. The molecule has 3 heteroatoms. The van der Waals surface area contributed by atoms with Crippen molar-refractivity contribution in [2.24, 2.45) is 0 Å². The van der Waals surface area contributed by atoms with Crippen LogP contribution in [-0.4, -0.2) is 18.1 Å². The molecule has 0 aromatic rings. The molecule has 2 aliphatic rings. The van der Waals surface area contributed by atoms with Crippen molar-refractivity contribution in [2.75, 3.05) is 0 Å². The average Bonchev–Trinajstić information content (AvgIpc) is 2.16. The van der Waals surface area contributed by atoms with E-state index in [9.17, 15) is 4.79 Å². The molecule has 1 unspecified atom stereocenters. The minimum Gasteiger partial charge on any atom is -0.492 e. The largest absolute Gasteiger partial charge is 0.492 e. The molecule has 15 heavy (non-hydrogen) atoms. The Morgan fingerprint density at radius 1 is 1.60 bits per heavy atom. The zero-order valence-corrected chi connectivity index (χ0v) is 9.25. The number of ether oxygens (including phenoxy) is 1. The van der Waals surface area contributed by atoms with E-state index in [2.05, 4.69) is 31.3 Å². The van der Waals surface area contributed by atoms with Gasteiger partial charge in [-0.2, -0.15) is 0 Å². The first kappa shape index (κ1) is 10.3. The fraction of sp³-hybridized carbons (Fsp3) is 0.583. The highest BCUT2D eigenvalue weighted by atomic mass is 16.5. The summed E-state index contributed by atoms with van der Waals surface area (Å²) in [4.78, 5) is 10.6. The Bertz CT molecular complexity index is 329. The van der Waals surface area contributed by atoms with E-state index in [-0.39, 0.29) is 11.6 Å². The number of hydrogen-bond donors (Lipinski definition) is 1. The summed E-state index contributed by atoms with van der Waals surface area (Å²) in [6.07, 6.45) is 7.80. The van der Waals surface area contributed by atoms with Crippen molar-refractivity contribution in [3.8, 4) is 0 Å². The molecule has 1 atom stereocenters. The highest BCUT2D eigenvalue weighted by Crippen LogP contribution is 2.36. The number of amides is 1. The van der Waals surface area contributed by atoms with Gasteiger partial charge in [0, 0.05) is 18.4 Å². The molecule has 1 N–H and O–H groups in total. The Morgan fingerprint density at radius 3 is 3.13 bits per heavy atom. The molecule has 0 aromatic heterocycles. The van der Waals surface area contributed by atoms with Gasteiger partial charge < -0.3 is 10.1 Å². The summed E-state index contributed by atoms with van der Waals surface area (Å²) >= 11 is 0. The first-order valence-electron chi connectivity index (χ1n) is 5.41. The van der Waals surface area contributed by atoms with E-state index in [4.69, 9.17) is 4.74 Å². The smallest absolute Gasteiger partial charge is 0.207 e. The van der Waals surface area contributed by atoms with Crippen LogP contribution in [0.3, 0.4) is 0 Å². The zero-order valence-electron chi connectivity index (χ0n) is 9.25. The van der Waals surface area contributed by atoms with Crippen LogP contribution in [-0.2, 0) is 9.53 Å². The number of hydrogen-bond acceptors (Lipinski definition) is 2. The molecule has 1 heterocycles. The monoisotopic (exact) mass is 207 g/mol. The molecular weight excluding hydrogens is 190 g/mol. The number of carbonyl (C=O) groups excluding carboxylic acids is 1. The zero-order chi connectivity index (χ0) is 10.9. The minimum absolute atomic E-state index is 0.109. The van der Waals surface area contributed by atoms with Crippen LogP contribution < -0.4 is 5.32 Å². The van der Waals surface area contributed by atoms with Crippen molar-refractivity contribution in [1.29, 1.82) is 0 Å². The van der Waals surface area contributed by atoms with Gasteiger partial charge >= 0.3 is 0 Å². The first-order chi connectivity index (χ1) is 7.12. The van der Waals surface area contributed by atoms with Crippen molar-refractivity contribution in [1.82, 2.24) is 5.32 Å². The standard InChI is InChI=1S/C12H17NO2/c1-12(2)7-10(13-8-14)9-5-3-4-6-11(9)15-12/h3,5,8,10H,4,6-7H2,1-2H3,(H,13,14). The van der Waals surface area contributed by atoms with Gasteiger partial charge in [0.15, 0.2) is 0 Å². The number of allylic oxidation sites excluding steroid dienone is 2. The SMILES string of the molecule is CC1(C)CC(NC=O)C2=C(CCC=C2)O1. The van der Waals surface area contributed by atoms with Gasteiger partial charge in [0.2, 0.25) is 6.41 Å². The lowest BCUT2D eigenvalue weighted by Crippen LogP contribution is -2.43. The fourth-order valence-electron chi connectivity index (χ4n) is 2.29. The second-order valence-corrected chi connectivity index (χ2v) is 4.72. The quantitative estimate of drug-likeness (QED) is 0.702. The van der Waals surface area contributed by atoms with E-state index in [1.165, 1.54) is 0 Å². The van der Waals surface area contributed by atoms with Crippen LogP contribution in [0.1, 0.15) is 33.1 Å². The predicted octanol–water partition coefficient (Wildman–Crippen LogP) is 1.90. The maximum Gasteiger partial charge on any atom is 0.207 e. The van der Waals surface area contributed by atoms with E-state index in [1.54, 1.807) is 0 Å². The van der Waals surface area contributed by atoms with E-state index >= 15 is 0 Å². The van der Waals surface area contributed by atoms with Crippen molar-refractivity contribution in [3.05, 3.63) is 23.5 Å². The van der Waals surface area contributed by atoms with Crippen molar-refractivity contribution in [2.45, 2.75) is 44.8 Å². The third-order valence-electron chi connectivity index (χ3n) is 2.90. The van der Waals surface area contributed by atoms with Crippen LogP contribution in [0, 0.1) is 0 Å². The molecule has 1 aliphatic carbocycles. The van der Waals surface area contributed by atoms with Gasteiger partial charge in [-0.1, -0.05) is 12.2 Å². The summed E-state index contributed by atoms with van der Waals surface area (Å²) in [5, 5.41) is 2.87. The van der Waals surface area contributed by atoms with Crippen LogP contribution in [0.25, 0.3) is 0 Å². The number of nitrogens with one attached hydrogen (secondary N) is 1. The Kier molecular flexibility index (Phi) is 2.55. The highest BCUT2D eigenvalue weighted by molar-refractivity contribution is 5.50. The van der Waals surface area contributed by atoms with Gasteiger partial charge in [0.25, 0.3) is 0 Å². The van der Waals surface area contributed by atoms with Crippen molar-refractivity contribution in [3.63, 3.8) is 0 Å². The molecule has 2 rings (SSSR count). The molecule has 0 aromatic carbocycles. The summed E-state index contributed by atoms with van der Waals surface area (Å²) < 4.78 is 5.93. The molecule has 82 valence electrons. The summed E-state index contributed by atoms with van der Waals surface area (Å²) in [5.41, 5.74) is 0.970. The molecule has 1 amide bonds. The van der Waals surface area contributed by atoms with Crippen molar-refractivity contribution < 1.29 is 9.53 Å². The normalized spacial score (nSPS) is 28.0. The maximum atomic E-state index is 10.6. The summed E-state index contributed by atoms with van der Waals surface area (Å²) in [7, 11) is 0. The third kappa shape index (κ3) is 2.06. The number of carbonyl (C=O) groups is 1. The lowest BCUT2D eigenvalue weighted by Gasteiger charge is -2.39. The van der Waals surface area contributed by atoms with E-state index in [0.717, 1.165) is 37.0 Å². The van der Waals surface area contributed by atoms with Crippen LogP contribution in [0.2, 0.25) is 0 Å². The average molecular weight is 207 g/mol. The second-order valence-electron chi connectivity index (χ2n) is 4.72. The molecule has 1 aliphatic heterocycles. The highest BCUT2D eigenvalue weighted by Gasteiger charge is 2.34. The van der Waals surface area contributed by atoms with Crippen LogP contribution in [0.15, 0.2) is 23.5 Å². The molecule has 0 spiro atoms. The van der Waals surface area contributed by atoms with E-state index in [1.807, 2.05) is 0 Å². The Labute approximate surface area is 90.2 Å². The second kappa shape index (κ2) is 3.72. The minimum atomic E-state index is -0.176. The van der Waals surface area contributed by atoms with Crippen LogP contribution in [0.4, 0.5) is 0 Å². The molecule has 0 radical (unpaired) electrons. The molecule has 0 saturated heterocycles. The van der Waals surface area contributed by atoms with Gasteiger partial charge in [-0.05, 0) is 20.3 Å². The van der Waals surface area contributed by atoms with E-state index < -0.39 is 0 Å². The molecule has 0 fully saturated rings. The predicted molar refractivity (Wildman–Crippen MR) is 58.2 cm³/mol. The topological polar surface area (TPSA) is 38.3 Å². The Morgan fingerprint density at radius 2 is 2.40 bits per heavy atom. The van der Waals surface area contributed by atoms with Gasteiger partial charge in [-0.15, -0.1) is 0 Å². The molecule has 0 bridgehead atoms. The molecule has 3 nitrogen and oxygen atoms in total. The fourth-order valence-corrected chi connectivity index (χ4v) is 2.29. The first-order valence-corrected chi connectivity index (χ1v) is 5.41. The maximum absolute atomic E-state index is 10.6. The van der Waals surface area contributed by atoms with Gasteiger partial charge in [-0.25, -0.2) is 0 Å². The summed E-state index contributed by atoms with van der Waals surface area (Å²) in [6, 6.07) is 0.109. The van der Waals surface area contributed by atoms with Gasteiger partial charge in [0.05, 0.1) is 6.04 Å². The third-order valence-corrected chi connectivity index (χ3v) is 2.90. The summed E-state index contributed by atoms with van der Waals surface area (Å²) in [6.45, 7) is 4.13. The Balaban J connectivity index is 2.29.